The number of piperidine rings is 1. The van der Waals surface area contributed by atoms with Gasteiger partial charge in [-0.2, -0.15) is 0 Å². The fraction of sp³-hybridized carbons (Fsp3) is 1.00. The van der Waals surface area contributed by atoms with Crippen molar-refractivity contribution in [2.75, 3.05) is 20.2 Å². The molecular weight excluding hydrogens is 174 g/mol. The summed E-state index contributed by atoms with van der Waals surface area (Å²) in [6, 6.07) is 0. The molecule has 0 aromatic rings. The summed E-state index contributed by atoms with van der Waals surface area (Å²) >= 11 is 0. The van der Waals surface area contributed by atoms with E-state index in [0.29, 0.717) is 6.10 Å². The molecule has 1 saturated heterocycles. The maximum Gasteiger partial charge on any atom is 0.0545 e. The van der Waals surface area contributed by atoms with Crippen LogP contribution in [-0.4, -0.2) is 26.3 Å². The number of hydrogen-bond acceptors (Lipinski definition) is 2. The molecule has 0 aromatic carbocycles. The fourth-order valence-electron chi connectivity index (χ4n) is 1.68. The van der Waals surface area contributed by atoms with E-state index in [1.807, 2.05) is 0 Å². The Balaban J connectivity index is 0.00000121. The van der Waals surface area contributed by atoms with Crippen LogP contribution in [0.1, 0.15) is 26.2 Å². The predicted molar refractivity (Wildman–Crippen MR) is 53.9 cm³/mol. The van der Waals surface area contributed by atoms with Crippen molar-refractivity contribution in [1.82, 2.24) is 5.32 Å². The molecule has 0 spiro atoms. The third-order valence-electron chi connectivity index (χ3n) is 2.53. The largest absolute Gasteiger partial charge is 0.382 e. The second-order valence-corrected chi connectivity index (χ2v) is 3.48. The van der Waals surface area contributed by atoms with Gasteiger partial charge in [0.25, 0.3) is 0 Å². The van der Waals surface area contributed by atoms with Crippen molar-refractivity contribution in [3.8, 4) is 0 Å². The summed E-state index contributed by atoms with van der Waals surface area (Å²) < 4.78 is 5.23. The van der Waals surface area contributed by atoms with Crippen LogP contribution in [0.3, 0.4) is 0 Å². The van der Waals surface area contributed by atoms with Crippen LogP contribution in [0.4, 0.5) is 0 Å². The van der Waals surface area contributed by atoms with E-state index < -0.39 is 0 Å². The number of halogens is 1. The Morgan fingerprint density at radius 2 is 2.00 bits per heavy atom. The highest BCUT2D eigenvalue weighted by Crippen LogP contribution is 2.18. The highest BCUT2D eigenvalue weighted by Gasteiger charge is 2.15. The number of hydrogen-bond donors (Lipinski definition) is 1. The van der Waals surface area contributed by atoms with E-state index in [2.05, 4.69) is 12.2 Å². The first-order valence-corrected chi connectivity index (χ1v) is 4.56. The van der Waals surface area contributed by atoms with Gasteiger partial charge < -0.3 is 10.1 Å². The van der Waals surface area contributed by atoms with Gasteiger partial charge in [-0.25, -0.2) is 0 Å². The molecule has 0 radical (unpaired) electrons. The fourth-order valence-corrected chi connectivity index (χ4v) is 1.68. The van der Waals surface area contributed by atoms with E-state index in [1.165, 1.54) is 32.4 Å². The van der Waals surface area contributed by atoms with Crippen molar-refractivity contribution in [2.24, 2.45) is 5.92 Å². The SMILES string of the molecule is COC(C)CC1CCNCC1.Cl. The Bertz CT molecular complexity index is 105. The zero-order chi connectivity index (χ0) is 8.10. The van der Waals surface area contributed by atoms with Gasteiger partial charge in [0.05, 0.1) is 6.10 Å². The minimum Gasteiger partial charge on any atom is -0.382 e. The second-order valence-electron chi connectivity index (χ2n) is 3.48. The molecule has 0 bridgehead atoms. The van der Waals surface area contributed by atoms with Gasteiger partial charge in [0.1, 0.15) is 0 Å². The third kappa shape index (κ3) is 4.29. The Kier molecular flexibility index (Phi) is 6.81. The van der Waals surface area contributed by atoms with Crippen LogP contribution in [0.5, 0.6) is 0 Å². The lowest BCUT2D eigenvalue weighted by atomic mass is 9.92. The Morgan fingerprint density at radius 3 is 2.50 bits per heavy atom. The minimum atomic E-state index is 0. The lowest BCUT2D eigenvalue weighted by Gasteiger charge is -2.24. The zero-order valence-electron chi connectivity index (χ0n) is 8.01. The standard InChI is InChI=1S/C9H19NO.ClH/c1-8(11-2)7-9-3-5-10-6-4-9;/h8-10H,3-7H2,1-2H3;1H. The molecule has 12 heavy (non-hydrogen) atoms. The van der Waals surface area contributed by atoms with E-state index in [1.54, 1.807) is 7.11 Å². The zero-order valence-corrected chi connectivity index (χ0v) is 8.82. The molecule has 0 amide bonds. The molecular formula is C9H20ClNO. The first-order valence-electron chi connectivity index (χ1n) is 4.56. The van der Waals surface area contributed by atoms with E-state index in [-0.39, 0.29) is 12.4 Å². The van der Waals surface area contributed by atoms with Gasteiger partial charge in [-0.15, -0.1) is 12.4 Å². The van der Waals surface area contributed by atoms with Crippen molar-refractivity contribution >= 4 is 12.4 Å². The normalized spacial score (nSPS) is 21.5. The molecule has 1 atom stereocenters. The first kappa shape index (κ1) is 12.2. The van der Waals surface area contributed by atoms with Gasteiger partial charge in [0.15, 0.2) is 0 Å². The third-order valence-corrected chi connectivity index (χ3v) is 2.53. The maximum atomic E-state index is 5.23. The summed E-state index contributed by atoms with van der Waals surface area (Å²) in [4.78, 5) is 0. The Hall–Kier alpha value is 0.210. The van der Waals surface area contributed by atoms with Gasteiger partial charge in [0, 0.05) is 7.11 Å². The second kappa shape index (κ2) is 6.70. The van der Waals surface area contributed by atoms with E-state index in [9.17, 15) is 0 Å². The van der Waals surface area contributed by atoms with Crippen molar-refractivity contribution in [2.45, 2.75) is 32.3 Å². The van der Waals surface area contributed by atoms with E-state index in [0.717, 1.165) is 5.92 Å². The lowest BCUT2D eigenvalue weighted by molar-refractivity contribution is 0.0893. The molecule has 0 aliphatic carbocycles. The van der Waals surface area contributed by atoms with Gasteiger partial charge >= 0.3 is 0 Å². The number of rotatable bonds is 3. The molecule has 1 aliphatic rings. The summed E-state index contributed by atoms with van der Waals surface area (Å²) in [5.41, 5.74) is 0. The lowest BCUT2D eigenvalue weighted by Crippen LogP contribution is -2.29. The number of nitrogens with one attached hydrogen (secondary N) is 1. The van der Waals surface area contributed by atoms with E-state index in [4.69, 9.17) is 4.74 Å². The summed E-state index contributed by atoms with van der Waals surface area (Å²) in [5.74, 6) is 0.895. The molecule has 1 N–H and O–H groups in total. The monoisotopic (exact) mass is 193 g/mol. The van der Waals surface area contributed by atoms with Crippen LogP contribution in [-0.2, 0) is 4.74 Å². The molecule has 0 aromatic heterocycles. The topological polar surface area (TPSA) is 21.3 Å². The number of ether oxygens (including phenoxy) is 1. The Labute approximate surface area is 81.5 Å². The summed E-state index contributed by atoms with van der Waals surface area (Å²) in [5, 5.41) is 3.37. The van der Waals surface area contributed by atoms with Crippen LogP contribution in [0.25, 0.3) is 0 Å². The van der Waals surface area contributed by atoms with Crippen LogP contribution in [0, 0.1) is 5.92 Å². The van der Waals surface area contributed by atoms with Crippen molar-refractivity contribution in [1.29, 1.82) is 0 Å². The highest BCUT2D eigenvalue weighted by atomic mass is 35.5. The molecule has 1 unspecified atom stereocenters. The molecule has 1 heterocycles. The average molecular weight is 194 g/mol. The molecule has 3 heteroatoms. The summed E-state index contributed by atoms with van der Waals surface area (Å²) in [7, 11) is 1.80. The van der Waals surface area contributed by atoms with Crippen LogP contribution in [0.15, 0.2) is 0 Å². The molecule has 74 valence electrons. The van der Waals surface area contributed by atoms with Crippen LogP contribution < -0.4 is 5.32 Å². The molecule has 2 nitrogen and oxygen atoms in total. The molecule has 0 saturated carbocycles. The molecule has 1 rings (SSSR count). The minimum absolute atomic E-state index is 0. The smallest absolute Gasteiger partial charge is 0.0545 e. The average Bonchev–Trinajstić information content (AvgIpc) is 2.06. The maximum absolute atomic E-state index is 5.23. The van der Waals surface area contributed by atoms with Crippen LogP contribution >= 0.6 is 12.4 Å². The van der Waals surface area contributed by atoms with Gasteiger partial charge in [-0.1, -0.05) is 0 Å². The molecule has 1 aliphatic heterocycles. The van der Waals surface area contributed by atoms with Gasteiger partial charge in [0.2, 0.25) is 0 Å². The summed E-state index contributed by atoms with van der Waals surface area (Å²) in [6.07, 6.45) is 4.33. The quantitative estimate of drug-likeness (QED) is 0.739. The Morgan fingerprint density at radius 1 is 1.42 bits per heavy atom. The van der Waals surface area contributed by atoms with E-state index >= 15 is 0 Å². The van der Waals surface area contributed by atoms with Crippen LogP contribution in [0.2, 0.25) is 0 Å². The first-order chi connectivity index (χ1) is 5.33. The van der Waals surface area contributed by atoms with Crippen molar-refractivity contribution < 1.29 is 4.74 Å². The number of methoxy groups -OCH3 is 1. The highest BCUT2D eigenvalue weighted by molar-refractivity contribution is 5.85. The van der Waals surface area contributed by atoms with Crippen molar-refractivity contribution in [3.63, 3.8) is 0 Å². The molecule has 1 fully saturated rings. The van der Waals surface area contributed by atoms with Crippen molar-refractivity contribution in [3.05, 3.63) is 0 Å². The summed E-state index contributed by atoms with van der Waals surface area (Å²) in [6.45, 7) is 4.55. The predicted octanol–water partition coefficient (Wildman–Crippen LogP) is 1.83. The van der Waals surface area contributed by atoms with Gasteiger partial charge in [-0.3, -0.25) is 0 Å². The van der Waals surface area contributed by atoms with Gasteiger partial charge in [-0.05, 0) is 45.2 Å².